The van der Waals surface area contributed by atoms with Crippen LogP contribution in [-0.4, -0.2) is 14.7 Å². The standard InChI is InChI=1S/C13H16N2O/c1-10(2)15-7-5-11(8-15)13-12(9-16)4-3-6-14-13/h3-8,10,16H,9H2,1-2H3. The van der Waals surface area contributed by atoms with Crippen LogP contribution in [0.3, 0.4) is 0 Å². The summed E-state index contributed by atoms with van der Waals surface area (Å²) in [6.45, 7) is 4.29. The van der Waals surface area contributed by atoms with Gasteiger partial charge in [0.15, 0.2) is 0 Å². The molecule has 2 rings (SSSR count). The van der Waals surface area contributed by atoms with Gasteiger partial charge in [0.1, 0.15) is 0 Å². The molecule has 84 valence electrons. The molecule has 0 radical (unpaired) electrons. The van der Waals surface area contributed by atoms with Crippen molar-refractivity contribution in [3.63, 3.8) is 0 Å². The van der Waals surface area contributed by atoms with Gasteiger partial charge < -0.3 is 9.67 Å². The number of aliphatic hydroxyl groups excluding tert-OH is 1. The lowest BCUT2D eigenvalue weighted by atomic mass is 10.1. The Balaban J connectivity index is 2.42. The Hall–Kier alpha value is -1.61. The van der Waals surface area contributed by atoms with Crippen molar-refractivity contribution in [3.05, 3.63) is 42.4 Å². The zero-order chi connectivity index (χ0) is 11.5. The summed E-state index contributed by atoms with van der Waals surface area (Å²) in [7, 11) is 0. The van der Waals surface area contributed by atoms with Crippen LogP contribution < -0.4 is 0 Å². The average Bonchev–Trinajstić information content (AvgIpc) is 2.78. The summed E-state index contributed by atoms with van der Waals surface area (Å²) in [6, 6.07) is 6.21. The summed E-state index contributed by atoms with van der Waals surface area (Å²) in [4.78, 5) is 4.32. The maximum atomic E-state index is 9.25. The van der Waals surface area contributed by atoms with Gasteiger partial charge in [-0.25, -0.2) is 0 Å². The van der Waals surface area contributed by atoms with Crippen LogP contribution in [0.2, 0.25) is 0 Å². The third-order valence-corrected chi connectivity index (χ3v) is 2.65. The van der Waals surface area contributed by atoms with Crippen LogP contribution in [0.15, 0.2) is 36.8 Å². The highest BCUT2D eigenvalue weighted by molar-refractivity contribution is 5.62. The van der Waals surface area contributed by atoms with Gasteiger partial charge in [0.05, 0.1) is 12.3 Å². The van der Waals surface area contributed by atoms with E-state index in [1.807, 2.05) is 24.4 Å². The summed E-state index contributed by atoms with van der Waals surface area (Å²) < 4.78 is 2.13. The summed E-state index contributed by atoms with van der Waals surface area (Å²) in [5.41, 5.74) is 2.78. The summed E-state index contributed by atoms with van der Waals surface area (Å²) in [6.07, 6.45) is 5.85. The molecule has 16 heavy (non-hydrogen) atoms. The van der Waals surface area contributed by atoms with Crippen molar-refractivity contribution < 1.29 is 5.11 Å². The normalized spacial score (nSPS) is 11.0. The average molecular weight is 216 g/mol. The molecule has 0 bridgehead atoms. The predicted molar refractivity (Wildman–Crippen MR) is 64.0 cm³/mol. The molecule has 3 heteroatoms. The molecule has 3 nitrogen and oxygen atoms in total. The molecule has 2 aromatic rings. The Morgan fingerprint density at radius 2 is 2.19 bits per heavy atom. The molecule has 0 saturated heterocycles. The molecule has 1 N–H and O–H groups in total. The topological polar surface area (TPSA) is 38.0 Å². The van der Waals surface area contributed by atoms with Crippen molar-refractivity contribution in [1.29, 1.82) is 0 Å². The van der Waals surface area contributed by atoms with E-state index in [9.17, 15) is 5.11 Å². The number of hydrogen-bond acceptors (Lipinski definition) is 2. The maximum absolute atomic E-state index is 9.25. The third kappa shape index (κ3) is 1.99. The molecule has 2 heterocycles. The first-order valence-electron chi connectivity index (χ1n) is 5.45. The minimum Gasteiger partial charge on any atom is -0.392 e. The number of nitrogens with zero attached hydrogens (tertiary/aromatic N) is 2. The molecule has 2 aromatic heterocycles. The molecule has 0 aromatic carbocycles. The second kappa shape index (κ2) is 4.49. The van der Waals surface area contributed by atoms with Gasteiger partial charge in [0.25, 0.3) is 0 Å². The molecule has 0 unspecified atom stereocenters. The van der Waals surface area contributed by atoms with E-state index in [1.54, 1.807) is 6.20 Å². The van der Waals surface area contributed by atoms with Crippen LogP contribution in [0, 0.1) is 0 Å². The monoisotopic (exact) mass is 216 g/mol. The minimum absolute atomic E-state index is 0.0238. The number of aromatic nitrogens is 2. The minimum atomic E-state index is 0.0238. The van der Waals surface area contributed by atoms with E-state index in [2.05, 4.69) is 29.6 Å². The highest BCUT2D eigenvalue weighted by atomic mass is 16.3. The van der Waals surface area contributed by atoms with Crippen molar-refractivity contribution in [2.45, 2.75) is 26.5 Å². The van der Waals surface area contributed by atoms with Crippen LogP contribution >= 0.6 is 0 Å². The van der Waals surface area contributed by atoms with E-state index >= 15 is 0 Å². The smallest absolute Gasteiger partial charge is 0.0772 e. The van der Waals surface area contributed by atoms with Gasteiger partial charge in [-0.2, -0.15) is 0 Å². The van der Waals surface area contributed by atoms with Crippen molar-refractivity contribution in [3.8, 4) is 11.3 Å². The molecule has 0 aliphatic rings. The molecule has 0 spiro atoms. The van der Waals surface area contributed by atoms with Crippen LogP contribution in [0.25, 0.3) is 11.3 Å². The highest BCUT2D eigenvalue weighted by Gasteiger charge is 2.07. The molecule has 0 atom stereocenters. The SMILES string of the molecule is CC(C)n1ccc(-c2ncccc2CO)c1. The Morgan fingerprint density at radius 1 is 1.38 bits per heavy atom. The quantitative estimate of drug-likeness (QED) is 0.856. The molecule has 0 aliphatic carbocycles. The summed E-state index contributed by atoms with van der Waals surface area (Å²) in [5, 5.41) is 9.25. The van der Waals surface area contributed by atoms with Gasteiger partial charge in [-0.1, -0.05) is 6.07 Å². The van der Waals surface area contributed by atoms with Gasteiger partial charge in [0.2, 0.25) is 0 Å². The van der Waals surface area contributed by atoms with E-state index in [1.165, 1.54) is 0 Å². The van der Waals surface area contributed by atoms with Gasteiger partial charge >= 0.3 is 0 Å². The Kier molecular flexibility index (Phi) is 3.06. The third-order valence-electron chi connectivity index (χ3n) is 2.65. The lowest BCUT2D eigenvalue weighted by molar-refractivity contribution is 0.282. The van der Waals surface area contributed by atoms with E-state index in [0.717, 1.165) is 16.8 Å². The Labute approximate surface area is 95.4 Å². The van der Waals surface area contributed by atoms with Gasteiger partial charge in [-0.05, 0) is 26.0 Å². The Bertz CT molecular complexity index is 474. The Morgan fingerprint density at radius 3 is 2.81 bits per heavy atom. The first-order valence-corrected chi connectivity index (χ1v) is 5.45. The van der Waals surface area contributed by atoms with Crippen molar-refractivity contribution in [2.24, 2.45) is 0 Å². The zero-order valence-corrected chi connectivity index (χ0v) is 9.59. The maximum Gasteiger partial charge on any atom is 0.0772 e. The zero-order valence-electron chi connectivity index (χ0n) is 9.59. The van der Waals surface area contributed by atoms with E-state index in [4.69, 9.17) is 0 Å². The predicted octanol–water partition coefficient (Wildman–Crippen LogP) is 2.62. The lowest BCUT2D eigenvalue weighted by Gasteiger charge is -2.06. The second-order valence-electron chi connectivity index (χ2n) is 4.11. The first kappa shape index (κ1) is 10.9. The fourth-order valence-corrected chi connectivity index (χ4v) is 1.70. The molecule has 0 aliphatic heterocycles. The van der Waals surface area contributed by atoms with Crippen LogP contribution in [0.4, 0.5) is 0 Å². The van der Waals surface area contributed by atoms with E-state index in [-0.39, 0.29) is 6.61 Å². The molecular weight excluding hydrogens is 200 g/mol. The largest absolute Gasteiger partial charge is 0.392 e. The van der Waals surface area contributed by atoms with Gasteiger partial charge in [-0.3, -0.25) is 4.98 Å². The van der Waals surface area contributed by atoms with Crippen molar-refractivity contribution in [1.82, 2.24) is 9.55 Å². The van der Waals surface area contributed by atoms with Crippen LogP contribution in [0.1, 0.15) is 25.5 Å². The van der Waals surface area contributed by atoms with Gasteiger partial charge in [0, 0.05) is 35.8 Å². The number of rotatable bonds is 3. The van der Waals surface area contributed by atoms with E-state index in [0.29, 0.717) is 6.04 Å². The van der Waals surface area contributed by atoms with Gasteiger partial charge in [-0.15, -0.1) is 0 Å². The highest BCUT2D eigenvalue weighted by Crippen LogP contribution is 2.22. The van der Waals surface area contributed by atoms with Crippen molar-refractivity contribution in [2.75, 3.05) is 0 Å². The number of pyridine rings is 1. The summed E-state index contributed by atoms with van der Waals surface area (Å²) in [5.74, 6) is 0. The fourth-order valence-electron chi connectivity index (χ4n) is 1.70. The fraction of sp³-hybridized carbons (Fsp3) is 0.308. The lowest BCUT2D eigenvalue weighted by Crippen LogP contribution is -1.96. The van der Waals surface area contributed by atoms with Crippen LogP contribution in [-0.2, 0) is 6.61 Å². The summed E-state index contributed by atoms with van der Waals surface area (Å²) >= 11 is 0. The van der Waals surface area contributed by atoms with Crippen molar-refractivity contribution >= 4 is 0 Å². The number of aliphatic hydroxyl groups is 1. The molecule has 0 saturated carbocycles. The second-order valence-corrected chi connectivity index (χ2v) is 4.11. The first-order chi connectivity index (χ1) is 7.72. The van der Waals surface area contributed by atoms with Crippen LogP contribution in [0.5, 0.6) is 0 Å². The molecule has 0 fully saturated rings. The number of hydrogen-bond donors (Lipinski definition) is 1. The molecular formula is C13H16N2O. The molecule has 0 amide bonds. The van der Waals surface area contributed by atoms with E-state index < -0.39 is 0 Å².